The van der Waals surface area contributed by atoms with Gasteiger partial charge in [-0.2, -0.15) is 0 Å². The highest BCUT2D eigenvalue weighted by Gasteiger charge is 2.31. The van der Waals surface area contributed by atoms with Crippen LogP contribution in [0.15, 0.2) is 30.5 Å². The molecule has 4 rings (SSSR count). The fourth-order valence-corrected chi connectivity index (χ4v) is 4.36. The topological polar surface area (TPSA) is 89.6 Å². The zero-order valence-electron chi connectivity index (χ0n) is 16.1. The molecule has 7 heteroatoms. The number of likely N-dealkylation sites (tertiary alicyclic amines) is 1. The molecule has 2 amide bonds. The molecule has 0 saturated carbocycles. The van der Waals surface area contributed by atoms with Crippen LogP contribution in [0.3, 0.4) is 0 Å². The van der Waals surface area contributed by atoms with Gasteiger partial charge in [-0.1, -0.05) is 6.07 Å². The summed E-state index contributed by atoms with van der Waals surface area (Å²) in [6.07, 6.45) is 6.94. The van der Waals surface area contributed by atoms with E-state index >= 15 is 0 Å². The first kappa shape index (κ1) is 18.8. The van der Waals surface area contributed by atoms with Crippen LogP contribution in [0.2, 0.25) is 0 Å². The third-order valence-corrected chi connectivity index (χ3v) is 5.82. The Morgan fingerprint density at radius 2 is 2.00 bits per heavy atom. The van der Waals surface area contributed by atoms with Crippen LogP contribution < -0.4 is 15.8 Å². The molecule has 2 aromatic rings. The minimum atomic E-state index is -0.362. The van der Waals surface area contributed by atoms with Crippen LogP contribution >= 0.6 is 0 Å². The lowest BCUT2D eigenvalue weighted by Gasteiger charge is -2.36. The van der Waals surface area contributed by atoms with E-state index in [0.717, 1.165) is 68.4 Å². The number of nitrogens with two attached hydrogens (primary N) is 1. The molecule has 3 heterocycles. The minimum absolute atomic E-state index is 0.00899. The molecule has 2 aliphatic heterocycles. The summed E-state index contributed by atoms with van der Waals surface area (Å²) < 4.78 is 8.16. The SMILES string of the molecule is NC(=O)Cn1ccc2c(OC3CCN(C4CCCCNC4=O)CC3)cccc21. The number of piperidine rings is 1. The maximum Gasteiger partial charge on any atom is 0.237 e. The van der Waals surface area contributed by atoms with E-state index in [0.29, 0.717) is 0 Å². The van der Waals surface area contributed by atoms with E-state index in [1.54, 1.807) is 0 Å². The van der Waals surface area contributed by atoms with Gasteiger partial charge in [0.2, 0.25) is 11.8 Å². The molecule has 28 heavy (non-hydrogen) atoms. The summed E-state index contributed by atoms with van der Waals surface area (Å²) in [4.78, 5) is 25.9. The van der Waals surface area contributed by atoms with Crippen molar-refractivity contribution in [2.45, 2.75) is 50.8 Å². The maximum atomic E-state index is 12.3. The Kier molecular flexibility index (Phi) is 5.52. The van der Waals surface area contributed by atoms with E-state index in [2.05, 4.69) is 10.2 Å². The largest absolute Gasteiger partial charge is 0.490 e. The molecule has 150 valence electrons. The fourth-order valence-electron chi connectivity index (χ4n) is 4.36. The Labute approximate surface area is 164 Å². The summed E-state index contributed by atoms with van der Waals surface area (Å²) in [7, 11) is 0. The van der Waals surface area contributed by atoms with E-state index in [1.165, 1.54) is 0 Å². The maximum absolute atomic E-state index is 12.3. The lowest BCUT2D eigenvalue weighted by molar-refractivity contribution is -0.127. The van der Waals surface area contributed by atoms with Crippen molar-refractivity contribution in [3.8, 4) is 5.75 Å². The van der Waals surface area contributed by atoms with E-state index in [1.807, 2.05) is 35.0 Å². The highest BCUT2D eigenvalue weighted by atomic mass is 16.5. The molecule has 2 fully saturated rings. The smallest absolute Gasteiger partial charge is 0.237 e. The fraction of sp³-hybridized carbons (Fsp3) is 0.524. The predicted octanol–water partition coefficient (Wildman–Crippen LogP) is 1.64. The van der Waals surface area contributed by atoms with Crippen molar-refractivity contribution in [2.75, 3.05) is 19.6 Å². The Morgan fingerprint density at radius 3 is 2.79 bits per heavy atom. The van der Waals surface area contributed by atoms with Crippen molar-refractivity contribution in [3.63, 3.8) is 0 Å². The van der Waals surface area contributed by atoms with Gasteiger partial charge in [0.1, 0.15) is 18.4 Å². The quantitative estimate of drug-likeness (QED) is 0.820. The molecular formula is C21H28N4O3. The summed E-state index contributed by atoms with van der Waals surface area (Å²) in [5.74, 6) is 0.655. The number of amides is 2. The molecule has 1 unspecified atom stereocenters. The number of primary amides is 1. The third kappa shape index (κ3) is 3.99. The van der Waals surface area contributed by atoms with Gasteiger partial charge in [-0.15, -0.1) is 0 Å². The summed E-state index contributed by atoms with van der Waals surface area (Å²) in [5.41, 5.74) is 6.28. The van der Waals surface area contributed by atoms with E-state index < -0.39 is 0 Å². The lowest BCUT2D eigenvalue weighted by atomic mass is 10.0. The molecule has 3 N–H and O–H groups in total. The molecule has 1 aromatic carbocycles. The van der Waals surface area contributed by atoms with Crippen molar-refractivity contribution in [2.24, 2.45) is 5.73 Å². The number of carbonyl (C=O) groups is 2. The number of hydrogen-bond acceptors (Lipinski definition) is 4. The zero-order chi connectivity index (χ0) is 19.5. The summed E-state index contributed by atoms with van der Waals surface area (Å²) in [6, 6.07) is 7.87. The number of carbonyl (C=O) groups excluding carboxylic acids is 2. The van der Waals surface area contributed by atoms with Crippen molar-refractivity contribution in [1.82, 2.24) is 14.8 Å². The minimum Gasteiger partial charge on any atom is -0.490 e. The molecule has 0 aliphatic carbocycles. The van der Waals surface area contributed by atoms with Gasteiger partial charge in [-0.05, 0) is 50.3 Å². The first-order chi connectivity index (χ1) is 13.6. The van der Waals surface area contributed by atoms with Crippen LogP contribution in [0.25, 0.3) is 10.9 Å². The molecular weight excluding hydrogens is 356 g/mol. The number of nitrogens with one attached hydrogen (secondary N) is 1. The van der Waals surface area contributed by atoms with Gasteiger partial charge in [-0.3, -0.25) is 14.5 Å². The zero-order valence-corrected chi connectivity index (χ0v) is 16.1. The third-order valence-electron chi connectivity index (χ3n) is 5.82. The van der Waals surface area contributed by atoms with E-state index in [-0.39, 0.29) is 30.5 Å². The van der Waals surface area contributed by atoms with Gasteiger partial charge in [0.05, 0.1) is 11.6 Å². The number of hydrogen-bond donors (Lipinski definition) is 2. The second-order valence-electron chi connectivity index (χ2n) is 7.75. The number of benzene rings is 1. The van der Waals surface area contributed by atoms with Crippen LogP contribution in [0.5, 0.6) is 5.75 Å². The Morgan fingerprint density at radius 1 is 1.18 bits per heavy atom. The molecule has 2 saturated heterocycles. The number of ether oxygens (including phenoxy) is 1. The predicted molar refractivity (Wildman–Crippen MR) is 107 cm³/mol. The van der Waals surface area contributed by atoms with Crippen molar-refractivity contribution in [3.05, 3.63) is 30.5 Å². The first-order valence-corrected chi connectivity index (χ1v) is 10.2. The number of aromatic nitrogens is 1. The summed E-state index contributed by atoms with van der Waals surface area (Å²) in [6.45, 7) is 2.71. The first-order valence-electron chi connectivity index (χ1n) is 10.2. The van der Waals surface area contributed by atoms with Crippen LogP contribution in [-0.2, 0) is 16.1 Å². The standard InChI is InChI=1S/C21H28N4O3/c22-20(26)14-25-13-9-16-17(25)5-3-6-19(16)28-15-7-11-24(12-8-15)18-4-1-2-10-23-21(18)27/h3,5-6,9,13,15,18H,1-2,4,7-8,10-12,14H2,(H2,22,26)(H,23,27). The van der Waals surface area contributed by atoms with Crippen LogP contribution in [0.1, 0.15) is 32.1 Å². The second kappa shape index (κ2) is 8.22. The second-order valence-corrected chi connectivity index (χ2v) is 7.75. The molecule has 1 aromatic heterocycles. The van der Waals surface area contributed by atoms with Crippen molar-refractivity contribution in [1.29, 1.82) is 0 Å². The molecule has 0 spiro atoms. The number of fused-ring (bicyclic) bond motifs is 1. The Hall–Kier alpha value is -2.54. The monoisotopic (exact) mass is 384 g/mol. The molecule has 0 radical (unpaired) electrons. The van der Waals surface area contributed by atoms with Crippen molar-refractivity contribution >= 4 is 22.7 Å². The summed E-state index contributed by atoms with van der Waals surface area (Å²) >= 11 is 0. The molecule has 1 atom stereocenters. The highest BCUT2D eigenvalue weighted by molar-refractivity contribution is 5.88. The van der Waals surface area contributed by atoms with E-state index in [4.69, 9.17) is 10.5 Å². The number of rotatable bonds is 5. The average Bonchev–Trinajstić information content (AvgIpc) is 2.96. The van der Waals surface area contributed by atoms with Gasteiger partial charge < -0.3 is 20.4 Å². The normalized spacial score (nSPS) is 22.0. The Balaban J connectivity index is 1.40. The lowest BCUT2D eigenvalue weighted by Crippen LogP contribution is -2.50. The van der Waals surface area contributed by atoms with Gasteiger partial charge in [-0.25, -0.2) is 0 Å². The highest BCUT2D eigenvalue weighted by Crippen LogP contribution is 2.29. The van der Waals surface area contributed by atoms with Gasteiger partial charge in [0.15, 0.2) is 0 Å². The molecule has 0 bridgehead atoms. The van der Waals surface area contributed by atoms with Crippen LogP contribution in [0.4, 0.5) is 0 Å². The summed E-state index contributed by atoms with van der Waals surface area (Å²) in [5, 5.41) is 4.03. The molecule has 2 aliphatic rings. The van der Waals surface area contributed by atoms with Gasteiger partial charge in [0, 0.05) is 31.2 Å². The number of nitrogens with zero attached hydrogens (tertiary/aromatic N) is 2. The van der Waals surface area contributed by atoms with E-state index in [9.17, 15) is 9.59 Å². The average molecular weight is 384 g/mol. The van der Waals surface area contributed by atoms with Gasteiger partial charge in [0.25, 0.3) is 0 Å². The molecule has 7 nitrogen and oxygen atoms in total. The Bertz CT molecular complexity index is 854. The van der Waals surface area contributed by atoms with Crippen molar-refractivity contribution < 1.29 is 14.3 Å². The van der Waals surface area contributed by atoms with Gasteiger partial charge >= 0.3 is 0 Å². The van der Waals surface area contributed by atoms with Crippen LogP contribution in [0, 0.1) is 0 Å². The van der Waals surface area contributed by atoms with Crippen LogP contribution in [-0.4, -0.2) is 53.1 Å².